The van der Waals surface area contributed by atoms with E-state index in [1.165, 1.54) is 57.6 Å². The molecule has 0 bridgehead atoms. The van der Waals surface area contributed by atoms with Crippen LogP contribution >= 0.6 is 11.6 Å². The van der Waals surface area contributed by atoms with Gasteiger partial charge in [-0.05, 0) is 61.7 Å². The number of rotatable bonds is 14. The van der Waals surface area contributed by atoms with Gasteiger partial charge in [0.1, 0.15) is 24.1 Å². The predicted octanol–water partition coefficient (Wildman–Crippen LogP) is 5.44. The fourth-order valence-electron chi connectivity index (χ4n) is 5.55. The van der Waals surface area contributed by atoms with Gasteiger partial charge in [-0.1, -0.05) is 43.0 Å². The number of amides is 2. The maximum atomic E-state index is 14.5. The van der Waals surface area contributed by atoms with Crippen molar-refractivity contribution in [2.24, 2.45) is 0 Å². The average Bonchev–Trinajstić information content (AvgIpc) is 3.09. The highest BCUT2D eigenvalue weighted by atomic mass is 35.5. The second-order valence-corrected chi connectivity index (χ2v) is 13.5. The van der Waals surface area contributed by atoms with Crippen molar-refractivity contribution >= 4 is 39.1 Å². The number of anilines is 1. The van der Waals surface area contributed by atoms with Crippen molar-refractivity contribution in [1.82, 2.24) is 10.2 Å². The van der Waals surface area contributed by atoms with Gasteiger partial charge >= 0.3 is 0 Å². The van der Waals surface area contributed by atoms with E-state index in [4.69, 9.17) is 30.5 Å². The van der Waals surface area contributed by atoms with E-state index in [1.807, 2.05) is 0 Å². The lowest BCUT2D eigenvalue weighted by atomic mass is 9.95. The molecule has 0 heterocycles. The second-order valence-electron chi connectivity index (χ2n) is 11.2. The lowest BCUT2D eigenvalue weighted by Gasteiger charge is -2.33. The van der Waals surface area contributed by atoms with Crippen molar-refractivity contribution in [3.8, 4) is 23.0 Å². The summed E-state index contributed by atoms with van der Waals surface area (Å²) in [5, 5.41) is 3.62. The zero-order valence-electron chi connectivity index (χ0n) is 27.3. The fourth-order valence-corrected chi connectivity index (χ4v) is 7.11. The normalized spacial score (nSPS) is 14.1. The van der Waals surface area contributed by atoms with Gasteiger partial charge in [0.15, 0.2) is 11.5 Å². The second kappa shape index (κ2) is 16.1. The summed E-state index contributed by atoms with van der Waals surface area (Å²) >= 11 is 6.11. The van der Waals surface area contributed by atoms with Crippen LogP contribution in [0.1, 0.15) is 44.6 Å². The highest BCUT2D eigenvalue weighted by Crippen LogP contribution is 2.38. The van der Waals surface area contributed by atoms with Crippen LogP contribution in [0.4, 0.5) is 5.69 Å². The van der Waals surface area contributed by atoms with E-state index in [2.05, 4.69) is 5.32 Å². The van der Waals surface area contributed by atoms with Gasteiger partial charge in [-0.25, -0.2) is 8.42 Å². The van der Waals surface area contributed by atoms with E-state index >= 15 is 0 Å². The molecule has 11 nitrogen and oxygen atoms in total. The molecule has 1 aliphatic carbocycles. The van der Waals surface area contributed by atoms with Gasteiger partial charge in [0, 0.05) is 29.7 Å². The Labute approximate surface area is 281 Å². The molecule has 3 aromatic rings. The molecule has 1 N–H and O–H groups in total. The first-order valence-corrected chi connectivity index (χ1v) is 17.1. The van der Waals surface area contributed by atoms with Crippen molar-refractivity contribution in [2.75, 3.05) is 39.3 Å². The molecule has 0 aromatic heterocycles. The van der Waals surface area contributed by atoms with E-state index in [0.29, 0.717) is 22.1 Å². The number of hydrogen-bond donors (Lipinski definition) is 1. The summed E-state index contributed by atoms with van der Waals surface area (Å²) in [4.78, 5) is 29.2. The minimum atomic E-state index is -4.45. The molecule has 0 saturated heterocycles. The van der Waals surface area contributed by atoms with Gasteiger partial charge in [-0.3, -0.25) is 13.9 Å². The number of methoxy groups -OCH3 is 4. The standard InChI is InChI=1S/C34H42ClN3O8S/c1-23(34(40)36-26-9-7-6-8-10-26)37(21-24-11-13-25(35)14-12-24)33(39)22-38(29-19-27(43-2)15-17-30(29)44-3)47(41,42)28-16-18-31(45-4)32(20-28)46-5/h11-20,23,26H,6-10,21-22H2,1-5H3,(H,36,40). The quantitative estimate of drug-likeness (QED) is 0.238. The van der Waals surface area contributed by atoms with Crippen molar-refractivity contribution in [3.05, 3.63) is 71.2 Å². The number of ether oxygens (including phenoxy) is 4. The molecule has 2 amide bonds. The molecule has 1 aliphatic rings. The van der Waals surface area contributed by atoms with Crippen molar-refractivity contribution in [1.29, 1.82) is 0 Å². The monoisotopic (exact) mass is 687 g/mol. The number of carbonyl (C=O) groups is 2. The Morgan fingerprint density at radius 2 is 1.49 bits per heavy atom. The molecule has 0 aliphatic heterocycles. The first kappa shape index (κ1) is 35.7. The number of hydrogen-bond acceptors (Lipinski definition) is 8. The van der Waals surface area contributed by atoms with Gasteiger partial charge in [0.25, 0.3) is 10.0 Å². The average molecular weight is 688 g/mol. The third-order valence-corrected chi connectivity index (χ3v) is 10.3. The Balaban J connectivity index is 1.78. The number of benzene rings is 3. The number of sulfonamides is 1. The summed E-state index contributed by atoms with van der Waals surface area (Å²) in [6, 6.07) is 14.8. The maximum Gasteiger partial charge on any atom is 0.265 e. The Kier molecular flexibility index (Phi) is 12.2. The third-order valence-electron chi connectivity index (χ3n) is 8.26. The minimum absolute atomic E-state index is 0.0224. The van der Waals surface area contributed by atoms with E-state index < -0.39 is 28.5 Å². The van der Waals surface area contributed by atoms with E-state index in [1.54, 1.807) is 43.3 Å². The summed E-state index contributed by atoms with van der Waals surface area (Å²) in [5.74, 6) is 0.136. The van der Waals surface area contributed by atoms with E-state index in [9.17, 15) is 18.0 Å². The number of nitrogens with zero attached hydrogens (tertiary/aromatic N) is 2. The molecule has 4 rings (SSSR count). The summed E-state index contributed by atoms with van der Waals surface area (Å²) in [7, 11) is 1.24. The third kappa shape index (κ3) is 8.61. The molecule has 3 aromatic carbocycles. The molecule has 1 saturated carbocycles. The minimum Gasteiger partial charge on any atom is -0.497 e. The Morgan fingerprint density at radius 1 is 0.851 bits per heavy atom. The molecule has 47 heavy (non-hydrogen) atoms. The van der Waals surface area contributed by atoms with E-state index in [0.717, 1.165) is 36.4 Å². The first-order chi connectivity index (χ1) is 22.5. The summed E-state index contributed by atoms with van der Waals surface area (Å²) in [6.07, 6.45) is 4.92. The highest BCUT2D eigenvalue weighted by Gasteiger charge is 2.35. The number of halogens is 1. The molecule has 1 fully saturated rings. The van der Waals surface area contributed by atoms with Gasteiger partial charge in [0.2, 0.25) is 11.8 Å². The first-order valence-electron chi connectivity index (χ1n) is 15.3. The molecule has 0 radical (unpaired) electrons. The lowest BCUT2D eigenvalue weighted by molar-refractivity contribution is -0.139. The Bertz CT molecular complexity index is 1650. The fraction of sp³-hybridized carbons (Fsp3) is 0.412. The van der Waals surface area contributed by atoms with E-state index in [-0.39, 0.29) is 40.6 Å². The van der Waals surface area contributed by atoms with Crippen LogP contribution in [0.15, 0.2) is 65.6 Å². The highest BCUT2D eigenvalue weighted by molar-refractivity contribution is 7.92. The molecule has 1 unspecified atom stereocenters. The van der Waals surface area contributed by atoms with Crippen LogP contribution in [-0.2, 0) is 26.2 Å². The zero-order valence-corrected chi connectivity index (χ0v) is 28.9. The van der Waals surface area contributed by atoms with Crippen LogP contribution in [0.2, 0.25) is 5.02 Å². The molecule has 1 atom stereocenters. The SMILES string of the molecule is COc1ccc(OC)c(N(CC(=O)N(Cc2ccc(Cl)cc2)C(C)C(=O)NC2CCCCC2)S(=O)(=O)c2ccc(OC)c(OC)c2)c1. The topological polar surface area (TPSA) is 124 Å². The molecule has 254 valence electrons. The van der Waals surface area contributed by atoms with Gasteiger partial charge in [0.05, 0.1) is 39.0 Å². The lowest BCUT2D eigenvalue weighted by Crippen LogP contribution is -2.53. The summed E-state index contributed by atoms with van der Waals surface area (Å²) < 4.78 is 51.5. The molecule has 0 spiro atoms. The smallest absolute Gasteiger partial charge is 0.265 e. The molecular formula is C34H42ClN3O8S. The van der Waals surface area contributed by atoms with Crippen molar-refractivity contribution in [3.63, 3.8) is 0 Å². The van der Waals surface area contributed by atoms with Crippen LogP contribution < -0.4 is 28.6 Å². The number of nitrogens with one attached hydrogen (secondary N) is 1. The molecular weight excluding hydrogens is 646 g/mol. The summed E-state index contributed by atoms with van der Waals surface area (Å²) in [5.41, 5.74) is 0.786. The van der Waals surface area contributed by atoms with Gasteiger partial charge in [-0.15, -0.1) is 0 Å². The van der Waals surface area contributed by atoms with Crippen LogP contribution in [0, 0.1) is 0 Å². The maximum absolute atomic E-state index is 14.5. The number of carbonyl (C=O) groups excluding carboxylic acids is 2. The molecule has 13 heteroatoms. The van der Waals surface area contributed by atoms with Crippen LogP contribution in [-0.4, -0.2) is 72.2 Å². The Hall–Kier alpha value is -4.16. The van der Waals surface area contributed by atoms with Crippen LogP contribution in [0.25, 0.3) is 0 Å². The van der Waals surface area contributed by atoms with Crippen molar-refractivity contribution in [2.45, 2.75) is 62.6 Å². The summed E-state index contributed by atoms with van der Waals surface area (Å²) in [6.45, 7) is 1.02. The van der Waals surface area contributed by atoms with Crippen molar-refractivity contribution < 1.29 is 37.0 Å². The van der Waals surface area contributed by atoms with Gasteiger partial charge in [-0.2, -0.15) is 0 Å². The van der Waals surface area contributed by atoms with Crippen LogP contribution in [0.5, 0.6) is 23.0 Å². The van der Waals surface area contributed by atoms with Crippen LogP contribution in [0.3, 0.4) is 0 Å². The Morgan fingerprint density at radius 3 is 2.11 bits per heavy atom. The largest absolute Gasteiger partial charge is 0.497 e. The van der Waals surface area contributed by atoms with Gasteiger partial charge < -0.3 is 29.2 Å². The predicted molar refractivity (Wildman–Crippen MR) is 180 cm³/mol. The zero-order chi connectivity index (χ0) is 34.1.